The van der Waals surface area contributed by atoms with Crippen molar-refractivity contribution < 1.29 is 34.0 Å². The average Bonchev–Trinajstić information content (AvgIpc) is 3.15. The molecule has 0 aromatic rings. The number of carbonyl (C=O) groups excluding carboxylic acids is 2. The highest BCUT2D eigenvalue weighted by molar-refractivity contribution is 5.76. The number of aliphatic hydroxyl groups excluding tert-OH is 2. The molecule has 2 heterocycles. The summed E-state index contributed by atoms with van der Waals surface area (Å²) in [6.45, 7) is 8.58. The standard InChI is InChI=1S/C24H36O7/c1-5-7-14(25)29-16-17-22(2,3)10-6-11-23(17,4)13-9-8-12-15-20(30-19(12)27)31-21(28)24(13,15)18(16)26/h12-13,15-18,20-21,26,28H,5-11H2,1-4H3/t12-,13-,15+,16-,17+,18-,20+,21+,23-,24+/m0/s1. The van der Waals surface area contributed by atoms with Gasteiger partial charge in [0.1, 0.15) is 12.2 Å². The van der Waals surface area contributed by atoms with Crippen LogP contribution in [0.15, 0.2) is 0 Å². The van der Waals surface area contributed by atoms with Gasteiger partial charge in [0.25, 0.3) is 0 Å². The molecule has 174 valence electrons. The van der Waals surface area contributed by atoms with E-state index in [4.69, 9.17) is 14.2 Å². The van der Waals surface area contributed by atoms with E-state index in [0.717, 1.165) is 25.7 Å². The Labute approximate surface area is 183 Å². The molecule has 10 atom stereocenters. The van der Waals surface area contributed by atoms with Gasteiger partial charge in [0.05, 0.1) is 11.3 Å². The zero-order chi connectivity index (χ0) is 22.3. The summed E-state index contributed by atoms with van der Waals surface area (Å²) >= 11 is 0. The lowest BCUT2D eigenvalue weighted by atomic mass is 9.37. The monoisotopic (exact) mass is 436 g/mol. The minimum absolute atomic E-state index is 0.0407. The van der Waals surface area contributed by atoms with Crippen molar-refractivity contribution in [3.05, 3.63) is 0 Å². The molecular weight excluding hydrogens is 400 g/mol. The highest BCUT2D eigenvalue weighted by atomic mass is 16.8. The van der Waals surface area contributed by atoms with E-state index in [-0.39, 0.29) is 34.6 Å². The number of hydrogen-bond donors (Lipinski definition) is 2. The fourth-order valence-electron chi connectivity index (χ4n) is 8.82. The Bertz CT molecular complexity index is 780. The molecule has 0 aromatic carbocycles. The SMILES string of the molecule is CCCC(=O)O[C@H]1[C@@H]2C(C)(C)CCC[C@@]2(C)[C@@H]2CC[C@@H]3C(=O)O[C@@H]4O[C@@H](O)[C@]2([C@@H]43)[C@H]1O. The summed E-state index contributed by atoms with van der Waals surface area (Å²) < 4.78 is 17.3. The van der Waals surface area contributed by atoms with E-state index >= 15 is 0 Å². The molecular formula is C24H36O7. The first kappa shape index (κ1) is 21.7. The molecule has 0 unspecified atom stereocenters. The van der Waals surface area contributed by atoms with E-state index in [1.165, 1.54) is 0 Å². The van der Waals surface area contributed by atoms with Gasteiger partial charge in [-0.15, -0.1) is 0 Å². The van der Waals surface area contributed by atoms with E-state index in [1.54, 1.807) is 0 Å². The zero-order valence-electron chi connectivity index (χ0n) is 19.0. The van der Waals surface area contributed by atoms with Crippen molar-refractivity contribution in [2.75, 3.05) is 0 Å². The van der Waals surface area contributed by atoms with Crippen LogP contribution in [0, 0.1) is 39.9 Å². The van der Waals surface area contributed by atoms with Crippen molar-refractivity contribution in [2.24, 2.45) is 39.9 Å². The minimum Gasteiger partial charge on any atom is -0.459 e. The van der Waals surface area contributed by atoms with Gasteiger partial charge in [-0.3, -0.25) is 9.59 Å². The van der Waals surface area contributed by atoms with Crippen LogP contribution in [-0.4, -0.2) is 46.9 Å². The highest BCUT2D eigenvalue weighted by Gasteiger charge is 2.79. The van der Waals surface area contributed by atoms with E-state index in [2.05, 4.69) is 20.8 Å². The smallest absolute Gasteiger partial charge is 0.311 e. The molecule has 2 N–H and O–H groups in total. The van der Waals surface area contributed by atoms with Gasteiger partial charge in [0, 0.05) is 18.3 Å². The van der Waals surface area contributed by atoms with Crippen molar-refractivity contribution in [2.45, 2.75) is 97.4 Å². The van der Waals surface area contributed by atoms with Crippen LogP contribution in [0.4, 0.5) is 0 Å². The van der Waals surface area contributed by atoms with E-state index in [1.807, 2.05) is 6.92 Å². The van der Waals surface area contributed by atoms with Crippen LogP contribution in [0.5, 0.6) is 0 Å². The van der Waals surface area contributed by atoms with Crippen LogP contribution in [-0.2, 0) is 23.8 Å². The third-order valence-corrected chi connectivity index (χ3v) is 9.66. The lowest BCUT2D eigenvalue weighted by Gasteiger charge is -2.68. The van der Waals surface area contributed by atoms with Gasteiger partial charge in [0.2, 0.25) is 6.29 Å². The van der Waals surface area contributed by atoms with E-state index < -0.39 is 42.0 Å². The predicted octanol–water partition coefficient (Wildman–Crippen LogP) is 2.77. The average molecular weight is 437 g/mol. The summed E-state index contributed by atoms with van der Waals surface area (Å²) in [6.07, 6.45) is 1.38. The molecule has 2 aliphatic heterocycles. The highest BCUT2D eigenvalue weighted by Crippen LogP contribution is 2.73. The Balaban J connectivity index is 1.66. The van der Waals surface area contributed by atoms with E-state index in [9.17, 15) is 19.8 Å². The molecule has 0 bridgehead atoms. The summed E-state index contributed by atoms with van der Waals surface area (Å²) in [6, 6.07) is 0. The lowest BCUT2D eigenvalue weighted by molar-refractivity contribution is -0.308. The number of ether oxygens (including phenoxy) is 3. The Morgan fingerprint density at radius 3 is 2.65 bits per heavy atom. The summed E-state index contributed by atoms with van der Waals surface area (Å²) in [5.74, 6) is -1.52. The van der Waals surface area contributed by atoms with Crippen LogP contribution >= 0.6 is 0 Å². The number of aliphatic hydroxyl groups is 2. The molecule has 5 rings (SSSR count). The molecule has 1 spiro atoms. The molecule has 7 nitrogen and oxygen atoms in total. The quantitative estimate of drug-likeness (QED) is 0.656. The van der Waals surface area contributed by atoms with Crippen LogP contribution in [0.25, 0.3) is 0 Å². The van der Waals surface area contributed by atoms with Gasteiger partial charge in [-0.1, -0.05) is 34.1 Å². The first-order valence-electron chi connectivity index (χ1n) is 12.0. The first-order chi connectivity index (χ1) is 14.6. The zero-order valence-corrected chi connectivity index (χ0v) is 19.0. The number of esters is 2. The summed E-state index contributed by atoms with van der Waals surface area (Å²) in [4.78, 5) is 25.2. The van der Waals surface area contributed by atoms with Gasteiger partial charge >= 0.3 is 11.9 Å². The number of rotatable bonds is 3. The fourth-order valence-corrected chi connectivity index (χ4v) is 8.82. The van der Waals surface area contributed by atoms with Crippen LogP contribution in [0.1, 0.15) is 72.6 Å². The van der Waals surface area contributed by atoms with Crippen LogP contribution in [0.3, 0.4) is 0 Å². The Kier molecular flexibility index (Phi) is 4.83. The van der Waals surface area contributed by atoms with Crippen molar-refractivity contribution >= 4 is 11.9 Å². The molecule has 0 radical (unpaired) electrons. The van der Waals surface area contributed by atoms with Crippen LogP contribution in [0.2, 0.25) is 0 Å². The number of hydrogen-bond acceptors (Lipinski definition) is 7. The molecule has 7 heteroatoms. The normalized spacial score (nSPS) is 52.0. The third kappa shape index (κ3) is 2.63. The second-order valence-electron chi connectivity index (χ2n) is 11.5. The largest absolute Gasteiger partial charge is 0.459 e. The maximum Gasteiger partial charge on any atom is 0.311 e. The molecule has 3 aliphatic carbocycles. The van der Waals surface area contributed by atoms with Gasteiger partial charge < -0.3 is 24.4 Å². The van der Waals surface area contributed by atoms with Crippen LogP contribution < -0.4 is 0 Å². The van der Waals surface area contributed by atoms with Crippen molar-refractivity contribution in [1.29, 1.82) is 0 Å². The fraction of sp³-hybridized carbons (Fsp3) is 0.917. The third-order valence-electron chi connectivity index (χ3n) is 9.66. The minimum atomic E-state index is -1.26. The molecule has 3 saturated carbocycles. The van der Waals surface area contributed by atoms with E-state index in [0.29, 0.717) is 19.3 Å². The molecule has 0 aromatic heterocycles. The van der Waals surface area contributed by atoms with Gasteiger partial charge in [-0.25, -0.2) is 0 Å². The van der Waals surface area contributed by atoms with Gasteiger partial charge in [-0.2, -0.15) is 0 Å². The Morgan fingerprint density at radius 1 is 1.19 bits per heavy atom. The molecule has 5 fully saturated rings. The Morgan fingerprint density at radius 2 is 1.94 bits per heavy atom. The van der Waals surface area contributed by atoms with Crippen molar-refractivity contribution in [1.82, 2.24) is 0 Å². The first-order valence-corrected chi connectivity index (χ1v) is 12.0. The Hall–Kier alpha value is -1.18. The summed E-state index contributed by atoms with van der Waals surface area (Å²) in [5.41, 5.74) is -1.46. The summed E-state index contributed by atoms with van der Waals surface area (Å²) in [7, 11) is 0. The van der Waals surface area contributed by atoms with Gasteiger partial charge in [0.15, 0.2) is 6.29 Å². The lowest BCUT2D eigenvalue weighted by Crippen LogP contribution is -2.73. The second-order valence-corrected chi connectivity index (χ2v) is 11.5. The predicted molar refractivity (Wildman–Crippen MR) is 109 cm³/mol. The van der Waals surface area contributed by atoms with Crippen molar-refractivity contribution in [3.63, 3.8) is 0 Å². The second kappa shape index (κ2) is 6.91. The molecule has 31 heavy (non-hydrogen) atoms. The molecule has 0 amide bonds. The number of fused-ring (bicyclic) bond motifs is 2. The maximum atomic E-state index is 12.7. The topological polar surface area (TPSA) is 102 Å². The molecule has 2 saturated heterocycles. The maximum absolute atomic E-state index is 12.7. The molecule has 5 aliphatic rings. The number of carbonyl (C=O) groups is 2. The van der Waals surface area contributed by atoms with Gasteiger partial charge in [-0.05, 0) is 48.9 Å². The summed E-state index contributed by atoms with van der Waals surface area (Å²) in [5, 5.41) is 23.2. The van der Waals surface area contributed by atoms with Crippen molar-refractivity contribution in [3.8, 4) is 0 Å².